The minimum atomic E-state index is -3.35. The highest BCUT2D eigenvalue weighted by molar-refractivity contribution is 9.10. The van der Waals surface area contributed by atoms with Gasteiger partial charge in [0.25, 0.3) is 0 Å². The molecule has 0 radical (unpaired) electrons. The van der Waals surface area contributed by atoms with Crippen molar-refractivity contribution in [3.8, 4) is 0 Å². The lowest BCUT2D eigenvalue weighted by atomic mass is 10.2. The number of rotatable bonds is 3. The maximum absolute atomic E-state index is 12.6. The summed E-state index contributed by atoms with van der Waals surface area (Å²) in [4.78, 5) is 2.82. The van der Waals surface area contributed by atoms with Crippen LogP contribution in [0.3, 0.4) is 0 Å². The van der Waals surface area contributed by atoms with E-state index >= 15 is 0 Å². The minimum absolute atomic E-state index is 0.383. The largest absolute Gasteiger partial charge is 0.299 e. The van der Waals surface area contributed by atoms with E-state index in [1.54, 1.807) is 22.5 Å². The summed E-state index contributed by atoms with van der Waals surface area (Å²) in [6, 6.07) is 7.36. The lowest BCUT2D eigenvalue weighted by molar-refractivity contribution is 0.251. The molecule has 0 saturated carbocycles. The van der Waals surface area contributed by atoms with Gasteiger partial charge < -0.3 is 0 Å². The molecular formula is C14H19BrN2O2S. The van der Waals surface area contributed by atoms with Gasteiger partial charge in [0, 0.05) is 23.6 Å². The zero-order chi connectivity index (χ0) is 14.2. The SMILES string of the molecule is O=S(=O)(c1cccc(Br)c1)N1CCC(N2CCCC2)C1. The molecular weight excluding hydrogens is 340 g/mol. The number of nitrogens with zero attached hydrogens (tertiary/aromatic N) is 2. The molecule has 0 spiro atoms. The molecule has 0 bridgehead atoms. The van der Waals surface area contributed by atoms with E-state index in [-0.39, 0.29) is 0 Å². The Kier molecular flexibility index (Phi) is 4.17. The van der Waals surface area contributed by atoms with Gasteiger partial charge in [0.1, 0.15) is 0 Å². The average molecular weight is 359 g/mol. The van der Waals surface area contributed by atoms with Crippen molar-refractivity contribution >= 4 is 26.0 Å². The van der Waals surface area contributed by atoms with Gasteiger partial charge in [0.15, 0.2) is 0 Å². The van der Waals surface area contributed by atoms with Crippen LogP contribution in [0.4, 0.5) is 0 Å². The van der Waals surface area contributed by atoms with Crippen molar-refractivity contribution in [3.63, 3.8) is 0 Å². The fraction of sp³-hybridized carbons (Fsp3) is 0.571. The van der Waals surface area contributed by atoms with E-state index in [4.69, 9.17) is 0 Å². The van der Waals surface area contributed by atoms with Gasteiger partial charge in [-0.3, -0.25) is 4.90 Å². The summed E-state index contributed by atoms with van der Waals surface area (Å²) in [5.41, 5.74) is 0. The summed E-state index contributed by atoms with van der Waals surface area (Å²) in [6.07, 6.45) is 3.44. The Morgan fingerprint density at radius 3 is 2.60 bits per heavy atom. The standard InChI is InChI=1S/C14H19BrN2O2S/c15-12-4-3-5-14(10-12)20(18,19)17-9-6-13(11-17)16-7-1-2-8-16/h3-5,10,13H,1-2,6-9,11H2. The van der Waals surface area contributed by atoms with Crippen LogP contribution in [0.15, 0.2) is 33.6 Å². The minimum Gasteiger partial charge on any atom is -0.299 e. The van der Waals surface area contributed by atoms with Crippen molar-refractivity contribution in [1.82, 2.24) is 9.21 Å². The Hall–Kier alpha value is -0.430. The molecule has 0 aliphatic carbocycles. The maximum Gasteiger partial charge on any atom is 0.243 e. The molecule has 1 aromatic rings. The first-order chi connectivity index (χ1) is 9.57. The zero-order valence-electron chi connectivity index (χ0n) is 11.3. The molecule has 6 heteroatoms. The summed E-state index contributed by atoms with van der Waals surface area (Å²) in [5, 5.41) is 0. The Labute approximate surface area is 128 Å². The fourth-order valence-corrected chi connectivity index (χ4v) is 5.20. The van der Waals surface area contributed by atoms with E-state index in [1.807, 2.05) is 6.07 Å². The topological polar surface area (TPSA) is 40.6 Å². The molecule has 0 N–H and O–H groups in total. The van der Waals surface area contributed by atoms with Crippen molar-refractivity contribution < 1.29 is 8.42 Å². The number of likely N-dealkylation sites (tertiary alicyclic amines) is 1. The summed E-state index contributed by atoms with van der Waals surface area (Å²) in [7, 11) is -3.35. The van der Waals surface area contributed by atoms with Gasteiger partial charge in [0.2, 0.25) is 10.0 Å². The Bertz CT molecular complexity index is 585. The van der Waals surface area contributed by atoms with Crippen LogP contribution in [0.2, 0.25) is 0 Å². The van der Waals surface area contributed by atoms with Gasteiger partial charge in [-0.25, -0.2) is 8.42 Å². The molecule has 0 aromatic heterocycles. The van der Waals surface area contributed by atoms with Gasteiger partial charge in [-0.05, 0) is 50.6 Å². The van der Waals surface area contributed by atoms with Crippen LogP contribution in [-0.4, -0.2) is 49.8 Å². The second-order valence-corrected chi connectivity index (χ2v) is 8.36. The van der Waals surface area contributed by atoms with Crippen LogP contribution in [-0.2, 0) is 10.0 Å². The quantitative estimate of drug-likeness (QED) is 0.832. The molecule has 1 unspecified atom stereocenters. The number of sulfonamides is 1. The lowest BCUT2D eigenvalue weighted by Gasteiger charge is -2.23. The smallest absolute Gasteiger partial charge is 0.243 e. The predicted molar refractivity (Wildman–Crippen MR) is 82.1 cm³/mol. The third kappa shape index (κ3) is 2.79. The third-order valence-electron chi connectivity index (χ3n) is 4.22. The first-order valence-electron chi connectivity index (χ1n) is 7.07. The summed E-state index contributed by atoms with van der Waals surface area (Å²) in [5.74, 6) is 0. The van der Waals surface area contributed by atoms with E-state index < -0.39 is 10.0 Å². The molecule has 3 rings (SSSR count). The maximum atomic E-state index is 12.6. The summed E-state index contributed by atoms with van der Waals surface area (Å²) in [6.45, 7) is 3.51. The first-order valence-corrected chi connectivity index (χ1v) is 9.30. The van der Waals surface area contributed by atoms with Crippen molar-refractivity contribution in [2.45, 2.75) is 30.2 Å². The van der Waals surface area contributed by atoms with E-state index in [0.717, 1.165) is 24.0 Å². The van der Waals surface area contributed by atoms with E-state index in [0.29, 0.717) is 24.0 Å². The van der Waals surface area contributed by atoms with Crippen LogP contribution in [0.25, 0.3) is 0 Å². The predicted octanol–water partition coefficient (Wildman–Crippen LogP) is 2.31. The molecule has 0 amide bonds. The van der Waals surface area contributed by atoms with E-state index in [1.165, 1.54) is 12.8 Å². The summed E-state index contributed by atoms with van der Waals surface area (Å²) < 4.78 is 27.7. The van der Waals surface area contributed by atoms with Gasteiger partial charge in [-0.15, -0.1) is 0 Å². The fourth-order valence-electron chi connectivity index (χ4n) is 3.11. The van der Waals surface area contributed by atoms with Crippen molar-refractivity contribution in [2.75, 3.05) is 26.2 Å². The first kappa shape index (κ1) is 14.5. The Morgan fingerprint density at radius 2 is 1.90 bits per heavy atom. The van der Waals surface area contributed by atoms with Crippen LogP contribution < -0.4 is 0 Å². The molecule has 2 aliphatic rings. The molecule has 2 heterocycles. The van der Waals surface area contributed by atoms with Crippen molar-refractivity contribution in [3.05, 3.63) is 28.7 Å². The number of hydrogen-bond donors (Lipinski definition) is 0. The number of hydrogen-bond acceptors (Lipinski definition) is 3. The Balaban J connectivity index is 1.76. The van der Waals surface area contributed by atoms with Gasteiger partial charge >= 0.3 is 0 Å². The molecule has 2 aliphatic heterocycles. The van der Waals surface area contributed by atoms with Crippen LogP contribution in [0.1, 0.15) is 19.3 Å². The molecule has 110 valence electrons. The molecule has 2 fully saturated rings. The van der Waals surface area contributed by atoms with Crippen LogP contribution in [0.5, 0.6) is 0 Å². The van der Waals surface area contributed by atoms with Crippen molar-refractivity contribution in [1.29, 1.82) is 0 Å². The highest BCUT2D eigenvalue weighted by Gasteiger charge is 2.35. The molecule has 1 atom stereocenters. The summed E-state index contributed by atoms with van der Waals surface area (Å²) >= 11 is 3.34. The Morgan fingerprint density at radius 1 is 1.15 bits per heavy atom. The monoisotopic (exact) mass is 358 g/mol. The average Bonchev–Trinajstić information content (AvgIpc) is 3.10. The van der Waals surface area contributed by atoms with E-state index in [2.05, 4.69) is 20.8 Å². The second kappa shape index (κ2) is 5.75. The molecule has 1 aromatic carbocycles. The van der Waals surface area contributed by atoms with Gasteiger partial charge in [-0.1, -0.05) is 22.0 Å². The highest BCUT2D eigenvalue weighted by Crippen LogP contribution is 2.26. The van der Waals surface area contributed by atoms with Crippen LogP contribution >= 0.6 is 15.9 Å². The second-order valence-electron chi connectivity index (χ2n) is 5.51. The van der Waals surface area contributed by atoms with Gasteiger partial charge in [-0.2, -0.15) is 4.31 Å². The number of halogens is 1. The lowest BCUT2D eigenvalue weighted by Crippen LogP contribution is -2.37. The van der Waals surface area contributed by atoms with Gasteiger partial charge in [0.05, 0.1) is 4.90 Å². The zero-order valence-corrected chi connectivity index (χ0v) is 13.7. The molecule has 20 heavy (non-hydrogen) atoms. The van der Waals surface area contributed by atoms with Crippen molar-refractivity contribution in [2.24, 2.45) is 0 Å². The van der Waals surface area contributed by atoms with Crippen LogP contribution in [0, 0.1) is 0 Å². The normalized spacial score (nSPS) is 25.4. The third-order valence-corrected chi connectivity index (χ3v) is 6.57. The molecule has 2 saturated heterocycles. The molecule has 4 nitrogen and oxygen atoms in total. The van der Waals surface area contributed by atoms with E-state index in [9.17, 15) is 8.42 Å². The highest BCUT2D eigenvalue weighted by atomic mass is 79.9. The number of benzene rings is 1.